The molecule has 1 amide bonds. The maximum atomic E-state index is 12.0. The van der Waals surface area contributed by atoms with Gasteiger partial charge in [-0.25, -0.2) is 0 Å². The number of guanidine groups is 1. The van der Waals surface area contributed by atoms with E-state index < -0.39 is 0 Å². The summed E-state index contributed by atoms with van der Waals surface area (Å²) in [4.78, 5) is 18.3. The number of nitrogens with two attached hydrogens (primary N) is 1. The van der Waals surface area contributed by atoms with Crippen LogP contribution in [0.2, 0.25) is 10.0 Å². The fourth-order valence-corrected chi connectivity index (χ4v) is 2.60. The zero-order chi connectivity index (χ0) is 15.9. The maximum absolute atomic E-state index is 12.0. The van der Waals surface area contributed by atoms with Crippen LogP contribution >= 0.6 is 23.2 Å². The van der Waals surface area contributed by atoms with Crippen LogP contribution in [0.15, 0.2) is 23.2 Å². The average Bonchev–Trinajstić information content (AvgIpc) is 2.54. The minimum Gasteiger partial charge on any atom is -0.370 e. The van der Waals surface area contributed by atoms with E-state index in [1.54, 1.807) is 18.2 Å². The van der Waals surface area contributed by atoms with E-state index in [2.05, 4.69) is 15.2 Å². The first-order valence-corrected chi connectivity index (χ1v) is 8.11. The molecule has 0 saturated carbocycles. The van der Waals surface area contributed by atoms with Gasteiger partial charge in [-0.1, -0.05) is 23.2 Å². The molecule has 0 aliphatic carbocycles. The standard InChI is InChI=1S/C15H20Cl2N4O/c16-12-5-4-11(10-13(12)17)14(22)19-6-7-20-15(18)21-8-2-1-3-9-21/h4-5,10H,1-3,6-9H2,(H2,18,20)(H,19,22). The van der Waals surface area contributed by atoms with Crippen LogP contribution in [-0.2, 0) is 0 Å². The Morgan fingerprint density at radius 3 is 2.64 bits per heavy atom. The lowest BCUT2D eigenvalue weighted by Gasteiger charge is -2.27. The molecule has 5 nitrogen and oxygen atoms in total. The number of rotatable bonds is 4. The third-order valence-corrected chi connectivity index (χ3v) is 4.27. The van der Waals surface area contributed by atoms with Crippen LogP contribution in [0.3, 0.4) is 0 Å². The van der Waals surface area contributed by atoms with Crippen LogP contribution < -0.4 is 11.1 Å². The zero-order valence-corrected chi connectivity index (χ0v) is 13.8. The number of hydrogen-bond acceptors (Lipinski definition) is 2. The van der Waals surface area contributed by atoms with Gasteiger partial charge >= 0.3 is 0 Å². The van der Waals surface area contributed by atoms with Gasteiger partial charge in [-0.05, 0) is 37.5 Å². The smallest absolute Gasteiger partial charge is 0.251 e. The summed E-state index contributed by atoms with van der Waals surface area (Å²) < 4.78 is 0. The molecule has 1 saturated heterocycles. The Kier molecular flexibility index (Phi) is 6.34. The van der Waals surface area contributed by atoms with Gasteiger partial charge in [-0.15, -0.1) is 0 Å². The number of piperidine rings is 1. The first-order chi connectivity index (χ1) is 10.6. The van der Waals surface area contributed by atoms with Gasteiger partial charge in [0.05, 0.1) is 16.6 Å². The Labute approximate surface area is 140 Å². The summed E-state index contributed by atoms with van der Waals surface area (Å²) in [5, 5.41) is 3.57. The van der Waals surface area contributed by atoms with Gasteiger partial charge in [0.2, 0.25) is 0 Å². The molecule has 0 atom stereocenters. The van der Waals surface area contributed by atoms with Crippen molar-refractivity contribution >= 4 is 35.1 Å². The molecule has 1 aliphatic rings. The topological polar surface area (TPSA) is 70.7 Å². The van der Waals surface area contributed by atoms with Crippen molar-refractivity contribution in [2.24, 2.45) is 10.7 Å². The molecule has 1 heterocycles. The predicted molar refractivity (Wildman–Crippen MR) is 90.7 cm³/mol. The molecule has 0 bridgehead atoms. The summed E-state index contributed by atoms with van der Waals surface area (Å²) in [6, 6.07) is 4.78. The van der Waals surface area contributed by atoms with Crippen LogP contribution in [0.5, 0.6) is 0 Å². The number of likely N-dealkylation sites (tertiary alicyclic amines) is 1. The maximum Gasteiger partial charge on any atom is 0.251 e. The molecule has 22 heavy (non-hydrogen) atoms. The van der Waals surface area contributed by atoms with Gasteiger partial charge in [0, 0.05) is 25.2 Å². The minimum absolute atomic E-state index is 0.203. The predicted octanol–water partition coefficient (Wildman–Crippen LogP) is 2.52. The number of carbonyl (C=O) groups excluding carboxylic acids is 1. The number of halogens is 2. The fourth-order valence-electron chi connectivity index (χ4n) is 2.30. The summed E-state index contributed by atoms with van der Waals surface area (Å²) >= 11 is 11.7. The van der Waals surface area contributed by atoms with Gasteiger partial charge in [0.25, 0.3) is 5.91 Å². The van der Waals surface area contributed by atoms with Crippen molar-refractivity contribution in [1.29, 1.82) is 0 Å². The van der Waals surface area contributed by atoms with E-state index in [1.165, 1.54) is 6.42 Å². The normalized spacial score (nSPS) is 15.7. The van der Waals surface area contributed by atoms with E-state index >= 15 is 0 Å². The Morgan fingerprint density at radius 2 is 1.95 bits per heavy atom. The first-order valence-electron chi connectivity index (χ1n) is 7.36. The van der Waals surface area contributed by atoms with Crippen LogP contribution in [0.4, 0.5) is 0 Å². The van der Waals surface area contributed by atoms with Gasteiger partial charge in [0.1, 0.15) is 0 Å². The summed E-state index contributed by atoms with van der Waals surface area (Å²) in [6.45, 7) is 2.80. The van der Waals surface area contributed by atoms with E-state index in [9.17, 15) is 4.79 Å². The highest BCUT2D eigenvalue weighted by Gasteiger charge is 2.11. The van der Waals surface area contributed by atoms with E-state index in [-0.39, 0.29) is 5.91 Å². The first kappa shape index (κ1) is 16.9. The average molecular weight is 343 g/mol. The Hall–Kier alpha value is -1.46. The molecule has 1 aromatic rings. The van der Waals surface area contributed by atoms with Crippen LogP contribution in [0.25, 0.3) is 0 Å². The molecule has 7 heteroatoms. The molecule has 2 rings (SSSR count). The molecule has 3 N–H and O–H groups in total. The number of amides is 1. The molecule has 0 spiro atoms. The molecule has 120 valence electrons. The second-order valence-corrected chi connectivity index (χ2v) is 5.99. The van der Waals surface area contributed by atoms with E-state index in [0.717, 1.165) is 25.9 Å². The van der Waals surface area contributed by atoms with Gasteiger partial charge in [0.15, 0.2) is 5.96 Å². The van der Waals surface area contributed by atoms with Crippen LogP contribution in [-0.4, -0.2) is 42.9 Å². The third-order valence-electron chi connectivity index (χ3n) is 3.53. The molecule has 0 aromatic heterocycles. The second-order valence-electron chi connectivity index (χ2n) is 5.17. The largest absolute Gasteiger partial charge is 0.370 e. The molecular formula is C15H20Cl2N4O. The lowest BCUT2D eigenvalue weighted by molar-refractivity contribution is 0.0955. The number of benzene rings is 1. The highest BCUT2D eigenvalue weighted by atomic mass is 35.5. The summed E-state index contributed by atoms with van der Waals surface area (Å²) in [6.07, 6.45) is 3.57. The van der Waals surface area contributed by atoms with Crippen molar-refractivity contribution in [2.45, 2.75) is 19.3 Å². The molecule has 1 aliphatic heterocycles. The van der Waals surface area contributed by atoms with E-state index in [4.69, 9.17) is 28.9 Å². The van der Waals surface area contributed by atoms with Crippen molar-refractivity contribution in [3.63, 3.8) is 0 Å². The monoisotopic (exact) mass is 342 g/mol. The van der Waals surface area contributed by atoms with Crippen molar-refractivity contribution in [3.05, 3.63) is 33.8 Å². The molecule has 1 aromatic carbocycles. The number of nitrogens with zero attached hydrogens (tertiary/aromatic N) is 2. The quantitative estimate of drug-likeness (QED) is 0.501. The van der Waals surface area contributed by atoms with Gasteiger partial charge in [-0.3, -0.25) is 9.79 Å². The molecule has 0 radical (unpaired) electrons. The lowest BCUT2D eigenvalue weighted by Crippen LogP contribution is -2.41. The number of nitrogens with one attached hydrogen (secondary N) is 1. The number of hydrogen-bond donors (Lipinski definition) is 2. The second kappa shape index (κ2) is 8.25. The summed E-state index contributed by atoms with van der Waals surface area (Å²) in [5.41, 5.74) is 6.42. The highest BCUT2D eigenvalue weighted by molar-refractivity contribution is 6.42. The van der Waals surface area contributed by atoms with Crippen molar-refractivity contribution in [3.8, 4) is 0 Å². The third kappa shape index (κ3) is 4.78. The van der Waals surface area contributed by atoms with E-state index in [0.29, 0.717) is 34.7 Å². The summed E-state index contributed by atoms with van der Waals surface area (Å²) in [7, 11) is 0. The Balaban J connectivity index is 1.77. The highest BCUT2D eigenvalue weighted by Crippen LogP contribution is 2.22. The SMILES string of the molecule is NC(=NCCNC(=O)c1ccc(Cl)c(Cl)c1)N1CCCCC1. The Bertz CT molecular complexity index is 556. The molecule has 1 fully saturated rings. The van der Waals surface area contributed by atoms with Crippen LogP contribution in [0, 0.1) is 0 Å². The number of aliphatic imine (C=N–C) groups is 1. The Morgan fingerprint density at radius 1 is 1.23 bits per heavy atom. The van der Waals surface area contributed by atoms with Gasteiger partial charge in [-0.2, -0.15) is 0 Å². The number of carbonyl (C=O) groups is 1. The van der Waals surface area contributed by atoms with Crippen molar-refractivity contribution < 1.29 is 4.79 Å². The van der Waals surface area contributed by atoms with E-state index in [1.807, 2.05) is 0 Å². The lowest BCUT2D eigenvalue weighted by atomic mass is 10.1. The minimum atomic E-state index is -0.203. The summed E-state index contributed by atoms with van der Waals surface area (Å²) in [5.74, 6) is 0.355. The van der Waals surface area contributed by atoms with Gasteiger partial charge < -0.3 is 16.0 Å². The van der Waals surface area contributed by atoms with Crippen molar-refractivity contribution in [1.82, 2.24) is 10.2 Å². The zero-order valence-electron chi connectivity index (χ0n) is 12.3. The fraction of sp³-hybridized carbons (Fsp3) is 0.467. The van der Waals surface area contributed by atoms with Crippen molar-refractivity contribution in [2.75, 3.05) is 26.2 Å². The molecular weight excluding hydrogens is 323 g/mol. The molecule has 0 unspecified atom stereocenters. The van der Waals surface area contributed by atoms with Crippen LogP contribution in [0.1, 0.15) is 29.6 Å².